The van der Waals surface area contributed by atoms with E-state index in [0.29, 0.717) is 18.7 Å². The minimum Gasteiger partial charge on any atom is -0.414 e. The van der Waals surface area contributed by atoms with Crippen LogP contribution in [0.1, 0.15) is 55.4 Å². The molecule has 1 saturated heterocycles. The SMILES string of the molecule is [B][C@@H]1OC(CO[Si](CC)(CC)CC)[C@H](OP(OC)N(C(C)C)C(C)C)C1C. The zero-order valence-electron chi connectivity index (χ0n) is 18.9. The predicted molar refractivity (Wildman–Crippen MR) is 118 cm³/mol. The van der Waals surface area contributed by atoms with Gasteiger partial charge in [-0.25, -0.2) is 4.67 Å². The Kier molecular flexibility index (Phi) is 11.0. The Morgan fingerprint density at radius 3 is 2.00 bits per heavy atom. The molecule has 0 N–H and O–H groups in total. The smallest absolute Gasteiger partial charge is 0.259 e. The Bertz CT molecular complexity index is 412. The van der Waals surface area contributed by atoms with E-state index >= 15 is 0 Å². The first-order chi connectivity index (χ1) is 12.7. The van der Waals surface area contributed by atoms with Gasteiger partial charge in [-0.05, 0) is 45.8 Å². The summed E-state index contributed by atoms with van der Waals surface area (Å²) in [7, 11) is 5.08. The third-order valence-corrected chi connectivity index (χ3v) is 12.5. The zero-order valence-corrected chi connectivity index (χ0v) is 20.8. The normalized spacial score (nSPS) is 27.9. The second kappa shape index (κ2) is 11.6. The van der Waals surface area contributed by atoms with Crippen molar-refractivity contribution < 1.29 is 18.2 Å². The monoisotopic (exact) mass is 417 g/mol. The summed E-state index contributed by atoms with van der Waals surface area (Å²) < 4.78 is 27.1. The maximum atomic E-state index is 6.51. The standard InChI is InChI=1S/C19H41BNO4PSi/c1-10-27(11-2,12-3)23-13-17-18(16(8)19(20)24-17)25-26(22-9)21(14(4)5)15(6)7/h14-19H,10-13H2,1-9H3/t16?,17?,18-,19-,26?/m1/s1. The molecular formula is C19H41BNO4PSi. The van der Waals surface area contributed by atoms with Crippen molar-refractivity contribution in [2.75, 3.05) is 13.7 Å². The van der Waals surface area contributed by atoms with Crippen molar-refractivity contribution in [3.05, 3.63) is 0 Å². The molecule has 1 aliphatic heterocycles. The lowest BCUT2D eigenvalue weighted by Gasteiger charge is -2.38. The van der Waals surface area contributed by atoms with Crippen LogP contribution in [0.25, 0.3) is 0 Å². The molecule has 0 saturated carbocycles. The van der Waals surface area contributed by atoms with E-state index in [1.54, 1.807) is 7.11 Å². The summed E-state index contributed by atoms with van der Waals surface area (Å²) in [5, 5.41) is 0. The maximum absolute atomic E-state index is 6.51. The molecule has 0 amide bonds. The van der Waals surface area contributed by atoms with Gasteiger partial charge in [-0.1, -0.05) is 27.7 Å². The molecule has 8 heteroatoms. The molecule has 1 fully saturated rings. The summed E-state index contributed by atoms with van der Waals surface area (Å²) in [6.07, 6.45) is -0.267. The van der Waals surface area contributed by atoms with Gasteiger partial charge in [0.15, 0.2) is 8.32 Å². The van der Waals surface area contributed by atoms with Crippen LogP contribution < -0.4 is 0 Å². The van der Waals surface area contributed by atoms with Crippen LogP contribution in [0, 0.1) is 5.92 Å². The summed E-state index contributed by atoms with van der Waals surface area (Å²) in [5.74, 6) is 0.0980. The molecule has 158 valence electrons. The summed E-state index contributed by atoms with van der Waals surface area (Å²) in [5.41, 5.74) is 0. The van der Waals surface area contributed by atoms with Gasteiger partial charge in [-0.15, -0.1) is 0 Å². The number of ether oxygens (including phenoxy) is 1. The molecule has 0 aromatic heterocycles. The number of nitrogens with zero attached hydrogens (tertiary/aromatic N) is 1. The minimum absolute atomic E-state index is 0.0980. The largest absolute Gasteiger partial charge is 0.414 e. The Morgan fingerprint density at radius 1 is 1.07 bits per heavy atom. The van der Waals surface area contributed by atoms with Crippen molar-refractivity contribution in [2.24, 2.45) is 5.92 Å². The van der Waals surface area contributed by atoms with E-state index < -0.39 is 16.8 Å². The molecule has 2 radical (unpaired) electrons. The average molecular weight is 417 g/mol. The van der Waals surface area contributed by atoms with Gasteiger partial charge in [0, 0.05) is 31.1 Å². The maximum Gasteiger partial charge on any atom is 0.259 e. The molecule has 0 aliphatic carbocycles. The van der Waals surface area contributed by atoms with Crippen molar-refractivity contribution in [1.82, 2.24) is 4.67 Å². The summed E-state index contributed by atoms with van der Waals surface area (Å²) in [6, 6.07) is 3.71. The topological polar surface area (TPSA) is 40.2 Å². The lowest BCUT2D eigenvalue weighted by molar-refractivity contribution is 0.00283. The van der Waals surface area contributed by atoms with Gasteiger partial charge in [-0.2, -0.15) is 0 Å². The van der Waals surface area contributed by atoms with Gasteiger partial charge < -0.3 is 18.2 Å². The van der Waals surface area contributed by atoms with Crippen molar-refractivity contribution in [3.8, 4) is 0 Å². The molecule has 1 heterocycles. The molecule has 0 bridgehead atoms. The van der Waals surface area contributed by atoms with Gasteiger partial charge in [-0.3, -0.25) is 0 Å². The van der Waals surface area contributed by atoms with Gasteiger partial charge >= 0.3 is 0 Å². The van der Waals surface area contributed by atoms with Crippen molar-refractivity contribution in [2.45, 2.75) is 104 Å². The number of hydrogen-bond acceptors (Lipinski definition) is 5. The lowest BCUT2D eigenvalue weighted by atomic mass is 9.86. The highest BCUT2D eigenvalue weighted by molar-refractivity contribution is 7.44. The molecule has 0 aromatic rings. The van der Waals surface area contributed by atoms with Crippen LogP contribution in [0.5, 0.6) is 0 Å². The van der Waals surface area contributed by atoms with E-state index in [4.69, 9.17) is 26.1 Å². The number of rotatable bonds is 12. The van der Waals surface area contributed by atoms with Crippen LogP contribution in [0.4, 0.5) is 0 Å². The fourth-order valence-electron chi connectivity index (χ4n) is 3.81. The third kappa shape index (κ3) is 6.50. The quantitative estimate of drug-likeness (QED) is 0.333. The fourth-order valence-corrected chi connectivity index (χ4v) is 8.12. The molecule has 1 rings (SSSR count). The highest BCUT2D eigenvalue weighted by Crippen LogP contribution is 2.49. The highest BCUT2D eigenvalue weighted by Gasteiger charge is 2.44. The van der Waals surface area contributed by atoms with E-state index in [1.807, 2.05) is 0 Å². The summed E-state index contributed by atoms with van der Waals surface area (Å²) >= 11 is 0. The third-order valence-electron chi connectivity index (χ3n) is 5.84. The predicted octanol–water partition coefficient (Wildman–Crippen LogP) is 4.92. The van der Waals surface area contributed by atoms with Gasteiger partial charge in [0.1, 0.15) is 14.0 Å². The van der Waals surface area contributed by atoms with E-state index in [2.05, 4.69) is 60.1 Å². The van der Waals surface area contributed by atoms with Crippen molar-refractivity contribution in [3.63, 3.8) is 0 Å². The molecular weight excluding hydrogens is 376 g/mol. The molecule has 0 spiro atoms. The first kappa shape index (κ1) is 25.5. The van der Waals surface area contributed by atoms with Crippen LogP contribution >= 0.6 is 8.53 Å². The van der Waals surface area contributed by atoms with Gasteiger partial charge in [0.25, 0.3) is 8.53 Å². The summed E-state index contributed by atoms with van der Waals surface area (Å²) in [4.78, 5) is 0. The van der Waals surface area contributed by atoms with Gasteiger partial charge in [0.05, 0.1) is 12.7 Å². The molecule has 5 nitrogen and oxygen atoms in total. The minimum atomic E-state index is -1.68. The highest BCUT2D eigenvalue weighted by atomic mass is 31.2. The van der Waals surface area contributed by atoms with Crippen LogP contribution in [-0.4, -0.2) is 64.8 Å². The Morgan fingerprint density at radius 2 is 1.59 bits per heavy atom. The zero-order chi connectivity index (χ0) is 20.8. The molecule has 1 aliphatic rings. The second-order valence-electron chi connectivity index (χ2n) is 8.11. The van der Waals surface area contributed by atoms with Crippen LogP contribution in [0.2, 0.25) is 18.1 Å². The number of hydrogen-bond donors (Lipinski definition) is 0. The van der Waals surface area contributed by atoms with E-state index in [0.717, 1.165) is 18.1 Å². The van der Waals surface area contributed by atoms with E-state index in [-0.39, 0.29) is 24.1 Å². The van der Waals surface area contributed by atoms with Crippen LogP contribution in [0.15, 0.2) is 0 Å². The average Bonchev–Trinajstić information content (AvgIpc) is 2.89. The Balaban J connectivity index is 2.90. The van der Waals surface area contributed by atoms with Crippen molar-refractivity contribution in [1.29, 1.82) is 0 Å². The molecule has 0 aromatic carbocycles. The fraction of sp³-hybridized carbons (Fsp3) is 1.00. The van der Waals surface area contributed by atoms with Gasteiger partial charge in [0.2, 0.25) is 0 Å². The summed E-state index contributed by atoms with van der Waals surface area (Å²) in [6.45, 7) is 18.0. The second-order valence-corrected chi connectivity index (χ2v) is 14.4. The molecule has 27 heavy (non-hydrogen) atoms. The van der Waals surface area contributed by atoms with Crippen LogP contribution in [0.3, 0.4) is 0 Å². The lowest BCUT2D eigenvalue weighted by Crippen LogP contribution is -2.42. The van der Waals surface area contributed by atoms with Crippen molar-refractivity contribution >= 4 is 24.7 Å². The van der Waals surface area contributed by atoms with Crippen LogP contribution in [-0.2, 0) is 18.2 Å². The first-order valence-electron chi connectivity index (χ1n) is 10.5. The Hall–Kier alpha value is 0.512. The van der Waals surface area contributed by atoms with E-state index in [1.165, 1.54) is 0 Å². The Labute approximate surface area is 171 Å². The molecule has 3 unspecified atom stereocenters. The first-order valence-corrected chi connectivity index (χ1v) is 14.2. The van der Waals surface area contributed by atoms with E-state index in [9.17, 15) is 0 Å². The molecule has 5 atom stereocenters.